The molecular formula is C9H23NO3S. The first kappa shape index (κ1) is 14.2. The van der Waals surface area contributed by atoms with E-state index in [0.29, 0.717) is 26.4 Å². The second kappa shape index (κ2) is 8.49. The van der Waals surface area contributed by atoms with Gasteiger partial charge in [-0.05, 0) is 33.7 Å². The number of hydrogen-bond donors (Lipinski definition) is 1. The van der Waals surface area contributed by atoms with E-state index in [2.05, 4.69) is 0 Å². The fraction of sp³-hybridized carbons (Fsp3) is 1.00. The Hall–Kier alpha value is 0.190. The van der Waals surface area contributed by atoms with Crippen molar-refractivity contribution < 1.29 is 12.5 Å². The van der Waals surface area contributed by atoms with Crippen molar-refractivity contribution in [2.75, 3.05) is 32.1 Å². The molecule has 0 heterocycles. The molecule has 0 bridgehead atoms. The third-order valence-corrected chi connectivity index (χ3v) is 4.06. The van der Waals surface area contributed by atoms with Crippen molar-refractivity contribution in [3.8, 4) is 0 Å². The zero-order valence-electron chi connectivity index (χ0n) is 9.45. The van der Waals surface area contributed by atoms with Crippen LogP contribution in [0.1, 0.15) is 27.2 Å². The van der Waals surface area contributed by atoms with Crippen LogP contribution in [-0.4, -0.2) is 32.1 Å². The highest BCUT2D eigenvalue weighted by atomic mass is 32.3. The first-order valence-corrected chi connectivity index (χ1v) is 6.76. The molecule has 0 aromatic heterocycles. The van der Waals surface area contributed by atoms with E-state index in [1.165, 1.54) is 0 Å². The zero-order chi connectivity index (χ0) is 10.9. The van der Waals surface area contributed by atoms with Gasteiger partial charge < -0.3 is 5.73 Å². The van der Waals surface area contributed by atoms with Gasteiger partial charge in [0.15, 0.2) is 0 Å². The molecule has 0 rings (SSSR count). The molecule has 0 aliphatic carbocycles. The molecule has 5 heteroatoms. The molecular weight excluding hydrogens is 202 g/mol. The molecule has 0 unspecified atom stereocenters. The van der Waals surface area contributed by atoms with Crippen LogP contribution in [0.25, 0.3) is 0 Å². The van der Waals surface area contributed by atoms with Gasteiger partial charge in [-0.2, -0.15) is 0 Å². The van der Waals surface area contributed by atoms with E-state index in [4.69, 9.17) is 18.3 Å². The van der Waals surface area contributed by atoms with Crippen LogP contribution in [0.15, 0.2) is 0 Å². The van der Waals surface area contributed by atoms with Gasteiger partial charge in [-0.15, -0.1) is 0 Å². The first-order valence-electron chi connectivity index (χ1n) is 5.18. The largest absolute Gasteiger partial charge is 0.330 e. The molecule has 4 nitrogen and oxygen atoms in total. The van der Waals surface area contributed by atoms with Crippen molar-refractivity contribution in [2.24, 2.45) is 5.73 Å². The lowest BCUT2D eigenvalue weighted by Crippen LogP contribution is -2.18. The molecule has 0 aliphatic heterocycles. The van der Waals surface area contributed by atoms with Crippen molar-refractivity contribution in [1.29, 1.82) is 0 Å². The molecule has 0 radical (unpaired) electrons. The van der Waals surface area contributed by atoms with Crippen molar-refractivity contribution in [1.82, 2.24) is 0 Å². The lowest BCUT2D eigenvalue weighted by atomic mass is 10.5. The number of rotatable bonds is 9. The summed E-state index contributed by atoms with van der Waals surface area (Å²) in [6.07, 6.45) is 0.870. The van der Waals surface area contributed by atoms with Gasteiger partial charge in [0.25, 0.3) is 0 Å². The maximum Gasteiger partial charge on any atom is 0.0887 e. The van der Waals surface area contributed by atoms with Crippen LogP contribution >= 0.6 is 10.9 Å². The van der Waals surface area contributed by atoms with Crippen LogP contribution in [-0.2, 0) is 12.5 Å². The first-order chi connectivity index (χ1) is 6.74. The van der Waals surface area contributed by atoms with E-state index in [1.807, 2.05) is 20.8 Å². The van der Waals surface area contributed by atoms with Crippen molar-refractivity contribution in [3.63, 3.8) is 0 Å². The number of nitrogens with two attached hydrogens (primary N) is 1. The summed E-state index contributed by atoms with van der Waals surface area (Å²) in [5, 5.41) is 0. The predicted octanol–water partition coefficient (Wildman–Crippen LogP) is 1.99. The van der Waals surface area contributed by atoms with Gasteiger partial charge in [0.2, 0.25) is 0 Å². The molecule has 88 valence electrons. The Morgan fingerprint density at radius 2 is 1.36 bits per heavy atom. The standard InChI is InChI=1S/C9H23NO3S/c1-4-11-14(12-5-2,13-6-3)9-7-8-10/h4-10H2,1-3H3. The molecule has 0 aliphatic rings. The highest BCUT2D eigenvalue weighted by molar-refractivity contribution is 8.21. The summed E-state index contributed by atoms with van der Waals surface area (Å²) in [5.74, 6) is 0.763. The molecule has 2 N–H and O–H groups in total. The molecule has 14 heavy (non-hydrogen) atoms. The molecule has 0 aromatic rings. The Morgan fingerprint density at radius 3 is 1.64 bits per heavy atom. The molecule has 0 saturated carbocycles. The summed E-state index contributed by atoms with van der Waals surface area (Å²) >= 11 is 0. The van der Waals surface area contributed by atoms with Gasteiger partial charge in [0.05, 0.1) is 30.7 Å². The summed E-state index contributed by atoms with van der Waals surface area (Å²) in [6.45, 7) is 8.31. The molecule has 0 fully saturated rings. The van der Waals surface area contributed by atoms with E-state index >= 15 is 0 Å². The predicted molar refractivity (Wildman–Crippen MR) is 61.0 cm³/mol. The van der Waals surface area contributed by atoms with E-state index in [-0.39, 0.29) is 0 Å². The summed E-state index contributed by atoms with van der Waals surface area (Å²) in [7, 11) is -1.79. The van der Waals surface area contributed by atoms with Crippen LogP contribution in [0.4, 0.5) is 0 Å². The maximum absolute atomic E-state index is 5.60. The van der Waals surface area contributed by atoms with Gasteiger partial charge in [-0.25, -0.2) is 0 Å². The highest BCUT2D eigenvalue weighted by Gasteiger charge is 2.25. The van der Waals surface area contributed by atoms with Gasteiger partial charge >= 0.3 is 0 Å². The van der Waals surface area contributed by atoms with Gasteiger partial charge in [0.1, 0.15) is 0 Å². The summed E-state index contributed by atoms with van der Waals surface area (Å²) in [4.78, 5) is 0. The van der Waals surface area contributed by atoms with Gasteiger partial charge in [-0.1, -0.05) is 0 Å². The Labute approximate surface area is 89.0 Å². The molecule has 0 saturated heterocycles. The fourth-order valence-electron chi connectivity index (χ4n) is 1.08. The van der Waals surface area contributed by atoms with Gasteiger partial charge in [0, 0.05) is 5.75 Å². The topological polar surface area (TPSA) is 53.7 Å². The zero-order valence-corrected chi connectivity index (χ0v) is 10.3. The van der Waals surface area contributed by atoms with E-state index in [9.17, 15) is 0 Å². The van der Waals surface area contributed by atoms with Crippen LogP contribution in [0, 0.1) is 0 Å². The molecule has 0 atom stereocenters. The maximum atomic E-state index is 5.60. The SMILES string of the molecule is CCOS(CCCN)(OCC)OCC. The number of hydrogen-bond acceptors (Lipinski definition) is 4. The Balaban J connectivity index is 4.21. The summed E-state index contributed by atoms with van der Waals surface area (Å²) in [6, 6.07) is 0. The van der Waals surface area contributed by atoms with Crippen molar-refractivity contribution >= 4 is 10.9 Å². The minimum absolute atomic E-state index is 0.611. The minimum atomic E-state index is -1.79. The molecule has 0 spiro atoms. The Kier molecular flexibility index (Phi) is 8.61. The van der Waals surface area contributed by atoms with Crippen LogP contribution in [0.3, 0.4) is 0 Å². The van der Waals surface area contributed by atoms with E-state index < -0.39 is 10.9 Å². The lowest BCUT2D eigenvalue weighted by molar-refractivity contribution is 0.185. The third-order valence-electron chi connectivity index (χ3n) is 1.49. The summed E-state index contributed by atoms with van der Waals surface area (Å²) in [5.41, 5.74) is 5.47. The molecule has 0 amide bonds. The van der Waals surface area contributed by atoms with Crippen LogP contribution in [0.2, 0.25) is 0 Å². The smallest absolute Gasteiger partial charge is 0.0887 e. The lowest BCUT2D eigenvalue weighted by Gasteiger charge is -2.36. The Morgan fingerprint density at radius 1 is 0.929 bits per heavy atom. The second-order valence-corrected chi connectivity index (χ2v) is 4.85. The van der Waals surface area contributed by atoms with Crippen LogP contribution < -0.4 is 5.73 Å². The monoisotopic (exact) mass is 225 g/mol. The van der Waals surface area contributed by atoms with Crippen molar-refractivity contribution in [2.45, 2.75) is 27.2 Å². The third kappa shape index (κ3) is 5.17. The van der Waals surface area contributed by atoms with E-state index in [0.717, 1.165) is 12.2 Å². The Bertz CT molecular complexity index is 118. The minimum Gasteiger partial charge on any atom is -0.330 e. The quantitative estimate of drug-likeness (QED) is 0.652. The average molecular weight is 225 g/mol. The van der Waals surface area contributed by atoms with Crippen molar-refractivity contribution in [3.05, 3.63) is 0 Å². The summed E-state index contributed by atoms with van der Waals surface area (Å²) < 4.78 is 16.8. The molecule has 0 aromatic carbocycles. The fourth-order valence-corrected chi connectivity index (χ4v) is 3.23. The van der Waals surface area contributed by atoms with Crippen LogP contribution in [0.5, 0.6) is 0 Å². The van der Waals surface area contributed by atoms with Gasteiger partial charge in [-0.3, -0.25) is 12.5 Å². The highest BCUT2D eigenvalue weighted by Crippen LogP contribution is 2.51. The average Bonchev–Trinajstić information content (AvgIpc) is 2.16. The normalized spacial score (nSPS) is 13.1. The van der Waals surface area contributed by atoms with E-state index in [1.54, 1.807) is 0 Å². The second-order valence-electron chi connectivity index (χ2n) is 2.62.